The highest BCUT2D eigenvalue weighted by atomic mass is 127. The number of unbranched alkanes of at least 4 members (excludes halogenated alkanes) is 1. The smallest absolute Gasteiger partial charge is 0.190 e. The van der Waals surface area contributed by atoms with E-state index >= 15 is 0 Å². The van der Waals surface area contributed by atoms with Crippen LogP contribution >= 0.6 is 24.0 Å². The van der Waals surface area contributed by atoms with Gasteiger partial charge in [-0.2, -0.15) is 0 Å². The number of rotatable bonds is 8. The van der Waals surface area contributed by atoms with Crippen molar-refractivity contribution in [2.75, 3.05) is 33.7 Å². The van der Waals surface area contributed by atoms with E-state index in [2.05, 4.69) is 41.4 Å². The van der Waals surface area contributed by atoms with Gasteiger partial charge in [-0.3, -0.25) is 4.99 Å². The first kappa shape index (κ1) is 19.0. The Balaban J connectivity index is 0.00000324. The Kier molecular flexibility index (Phi) is 10.7. The number of nitrogens with zero attached hydrogens (tertiary/aromatic N) is 2. The summed E-state index contributed by atoms with van der Waals surface area (Å²) in [6.45, 7) is 7.74. The van der Waals surface area contributed by atoms with E-state index in [0.717, 1.165) is 25.0 Å². The van der Waals surface area contributed by atoms with Crippen molar-refractivity contribution in [2.24, 2.45) is 10.9 Å². The lowest BCUT2D eigenvalue weighted by Crippen LogP contribution is -2.39. The minimum absolute atomic E-state index is 0. The van der Waals surface area contributed by atoms with Crippen molar-refractivity contribution in [2.45, 2.75) is 45.6 Å². The lowest BCUT2D eigenvalue weighted by atomic mass is 10.2. The van der Waals surface area contributed by atoms with Crippen molar-refractivity contribution >= 4 is 29.9 Å². The molecular weight excluding hydrogens is 351 g/mol. The molecule has 0 atom stereocenters. The number of nitrogens with one attached hydrogen (secondary N) is 2. The molecule has 4 nitrogen and oxygen atoms in total. The molecule has 0 aromatic rings. The van der Waals surface area contributed by atoms with Gasteiger partial charge in [0.2, 0.25) is 0 Å². The molecule has 1 aliphatic carbocycles. The first-order chi connectivity index (χ1) is 8.63. The van der Waals surface area contributed by atoms with Crippen molar-refractivity contribution in [3.05, 3.63) is 0 Å². The maximum Gasteiger partial charge on any atom is 0.190 e. The summed E-state index contributed by atoms with van der Waals surface area (Å²) in [6, 6.07) is 0.644. The zero-order valence-corrected chi connectivity index (χ0v) is 15.2. The summed E-state index contributed by atoms with van der Waals surface area (Å²) in [5.74, 6) is 1.85. The van der Waals surface area contributed by atoms with Gasteiger partial charge in [0.05, 0.1) is 0 Å². The average Bonchev–Trinajstić information content (AvgIpc) is 3.16. The molecule has 0 heterocycles. The first-order valence-corrected chi connectivity index (χ1v) is 7.28. The molecular formula is C14H31IN4. The summed E-state index contributed by atoms with van der Waals surface area (Å²) < 4.78 is 0. The fourth-order valence-electron chi connectivity index (χ4n) is 1.73. The van der Waals surface area contributed by atoms with Crippen molar-refractivity contribution in [3.63, 3.8) is 0 Å². The maximum atomic E-state index is 4.23. The van der Waals surface area contributed by atoms with Crippen LogP contribution in [0.15, 0.2) is 4.99 Å². The second-order valence-electron chi connectivity index (χ2n) is 5.60. The minimum Gasteiger partial charge on any atom is -0.356 e. The third-order valence-corrected chi connectivity index (χ3v) is 3.59. The van der Waals surface area contributed by atoms with Gasteiger partial charge < -0.3 is 15.5 Å². The molecule has 0 bridgehead atoms. The van der Waals surface area contributed by atoms with Gasteiger partial charge in [0.15, 0.2) is 5.96 Å². The molecule has 114 valence electrons. The zero-order valence-electron chi connectivity index (χ0n) is 12.9. The molecule has 0 saturated heterocycles. The summed E-state index contributed by atoms with van der Waals surface area (Å²) >= 11 is 0. The molecule has 0 radical (unpaired) electrons. The molecule has 2 N–H and O–H groups in total. The predicted molar refractivity (Wildman–Crippen MR) is 94.5 cm³/mol. The molecule has 1 saturated carbocycles. The van der Waals surface area contributed by atoms with E-state index in [4.69, 9.17) is 0 Å². The molecule has 1 aliphatic rings. The predicted octanol–water partition coefficient (Wildman–Crippen LogP) is 2.30. The Hall–Kier alpha value is -0.0400. The fraction of sp³-hybridized carbons (Fsp3) is 0.929. The number of halogens is 1. The Labute approximate surface area is 135 Å². The average molecular weight is 382 g/mol. The van der Waals surface area contributed by atoms with Gasteiger partial charge >= 0.3 is 0 Å². The second kappa shape index (κ2) is 10.7. The van der Waals surface area contributed by atoms with Crippen molar-refractivity contribution < 1.29 is 0 Å². The standard InChI is InChI=1S/C14H30N4.HI/c1-12(2)18(4)10-6-5-9-16-14(15-3)17-11-13-7-8-13;/h12-13H,5-11H2,1-4H3,(H2,15,16,17);1H. The van der Waals surface area contributed by atoms with Gasteiger partial charge in [0, 0.05) is 26.2 Å². The van der Waals surface area contributed by atoms with Crippen LogP contribution in [0, 0.1) is 5.92 Å². The molecule has 5 heteroatoms. The summed E-state index contributed by atoms with van der Waals surface area (Å²) in [5.41, 5.74) is 0. The van der Waals surface area contributed by atoms with Crippen LogP contribution in [0.2, 0.25) is 0 Å². The van der Waals surface area contributed by atoms with Gasteiger partial charge in [-0.05, 0) is 59.0 Å². The molecule has 0 aliphatic heterocycles. The van der Waals surface area contributed by atoms with Gasteiger partial charge in [0.25, 0.3) is 0 Å². The van der Waals surface area contributed by atoms with E-state index in [0.29, 0.717) is 6.04 Å². The largest absolute Gasteiger partial charge is 0.356 e. The van der Waals surface area contributed by atoms with Gasteiger partial charge in [0.1, 0.15) is 0 Å². The topological polar surface area (TPSA) is 39.7 Å². The molecule has 0 aromatic heterocycles. The lowest BCUT2D eigenvalue weighted by Gasteiger charge is -2.20. The van der Waals surface area contributed by atoms with Crippen LogP contribution < -0.4 is 10.6 Å². The van der Waals surface area contributed by atoms with E-state index in [-0.39, 0.29) is 24.0 Å². The Bertz CT molecular complexity index is 252. The second-order valence-corrected chi connectivity index (χ2v) is 5.60. The Morgan fingerprint density at radius 2 is 1.95 bits per heavy atom. The minimum atomic E-state index is 0. The van der Waals surface area contributed by atoms with Crippen LogP contribution in [-0.2, 0) is 0 Å². The van der Waals surface area contributed by atoms with E-state index in [9.17, 15) is 0 Å². The first-order valence-electron chi connectivity index (χ1n) is 7.28. The van der Waals surface area contributed by atoms with Crippen LogP contribution in [0.5, 0.6) is 0 Å². The van der Waals surface area contributed by atoms with Crippen LogP contribution in [0.3, 0.4) is 0 Å². The quantitative estimate of drug-likeness (QED) is 0.293. The van der Waals surface area contributed by atoms with E-state index < -0.39 is 0 Å². The van der Waals surface area contributed by atoms with Crippen LogP contribution in [-0.4, -0.2) is 50.6 Å². The fourth-order valence-corrected chi connectivity index (χ4v) is 1.73. The highest BCUT2D eigenvalue weighted by molar-refractivity contribution is 14.0. The maximum absolute atomic E-state index is 4.23. The molecule has 0 amide bonds. The number of hydrogen-bond acceptors (Lipinski definition) is 2. The van der Waals surface area contributed by atoms with Crippen LogP contribution in [0.1, 0.15) is 39.5 Å². The highest BCUT2D eigenvalue weighted by Gasteiger charge is 2.20. The molecule has 0 spiro atoms. The highest BCUT2D eigenvalue weighted by Crippen LogP contribution is 2.27. The number of hydrogen-bond donors (Lipinski definition) is 2. The van der Waals surface area contributed by atoms with E-state index in [1.165, 1.54) is 32.2 Å². The van der Waals surface area contributed by atoms with Crippen LogP contribution in [0.4, 0.5) is 0 Å². The van der Waals surface area contributed by atoms with Crippen molar-refractivity contribution in [1.29, 1.82) is 0 Å². The normalized spacial score (nSPS) is 15.6. The molecule has 19 heavy (non-hydrogen) atoms. The summed E-state index contributed by atoms with van der Waals surface area (Å²) in [5, 5.41) is 6.75. The number of guanidine groups is 1. The SMILES string of the molecule is CN=C(NCCCCN(C)C(C)C)NCC1CC1.I. The summed E-state index contributed by atoms with van der Waals surface area (Å²) in [7, 11) is 4.03. The van der Waals surface area contributed by atoms with Gasteiger partial charge in [-0.1, -0.05) is 0 Å². The Morgan fingerprint density at radius 3 is 2.47 bits per heavy atom. The zero-order chi connectivity index (χ0) is 13.4. The van der Waals surface area contributed by atoms with Gasteiger partial charge in [-0.15, -0.1) is 24.0 Å². The molecule has 0 unspecified atom stereocenters. The molecule has 1 rings (SSSR count). The number of aliphatic imine (C=N–C) groups is 1. The van der Waals surface area contributed by atoms with Crippen LogP contribution in [0.25, 0.3) is 0 Å². The summed E-state index contributed by atoms with van der Waals surface area (Å²) in [6.07, 6.45) is 5.19. The molecule has 0 aromatic carbocycles. The van der Waals surface area contributed by atoms with E-state index in [1.807, 2.05) is 7.05 Å². The third kappa shape index (κ3) is 9.49. The Morgan fingerprint density at radius 1 is 1.26 bits per heavy atom. The summed E-state index contributed by atoms with van der Waals surface area (Å²) in [4.78, 5) is 6.62. The molecule has 1 fully saturated rings. The van der Waals surface area contributed by atoms with Gasteiger partial charge in [-0.25, -0.2) is 0 Å². The third-order valence-electron chi connectivity index (χ3n) is 3.59. The van der Waals surface area contributed by atoms with Crippen molar-refractivity contribution in [1.82, 2.24) is 15.5 Å². The van der Waals surface area contributed by atoms with Crippen molar-refractivity contribution in [3.8, 4) is 0 Å². The van der Waals surface area contributed by atoms with E-state index in [1.54, 1.807) is 0 Å². The lowest BCUT2D eigenvalue weighted by molar-refractivity contribution is 0.268. The monoisotopic (exact) mass is 382 g/mol.